The van der Waals surface area contributed by atoms with Crippen molar-refractivity contribution in [1.82, 2.24) is 42.5 Å². The van der Waals surface area contributed by atoms with Crippen molar-refractivity contribution < 1.29 is 76.3 Å². The van der Waals surface area contributed by atoms with Crippen molar-refractivity contribution in [3.8, 4) is 11.5 Å². The van der Waals surface area contributed by atoms with Crippen LogP contribution in [0.5, 0.6) is 11.5 Å². The van der Waals surface area contributed by atoms with E-state index in [1.165, 1.54) is 0 Å². The zero-order valence-electron chi connectivity index (χ0n) is 54.6. The van der Waals surface area contributed by atoms with Crippen LogP contribution in [0.1, 0.15) is 202 Å². The van der Waals surface area contributed by atoms with Gasteiger partial charge in [-0.2, -0.15) is 0 Å². The van der Waals surface area contributed by atoms with Crippen molar-refractivity contribution in [1.29, 1.82) is 0 Å². The van der Waals surface area contributed by atoms with E-state index in [4.69, 9.17) is 37.9 Å². The van der Waals surface area contributed by atoms with Gasteiger partial charge >= 0.3 is 36.6 Å². The molecule has 0 aliphatic rings. The summed E-state index contributed by atoms with van der Waals surface area (Å²) >= 11 is 4.13. The van der Waals surface area contributed by atoms with Crippen molar-refractivity contribution in [3.05, 3.63) is 19.3 Å². The molecular weight excluding hydrogens is 1340 g/mol. The molecule has 1 aromatic rings. The highest BCUT2D eigenvalue weighted by molar-refractivity contribution is 14.1. The molecule has 8 N–H and O–H groups in total. The van der Waals surface area contributed by atoms with Crippen LogP contribution in [0.25, 0.3) is 0 Å². The number of halogens is 2. The average molecular weight is 1450 g/mol. The van der Waals surface area contributed by atoms with E-state index >= 15 is 0 Å². The lowest BCUT2D eigenvalue weighted by Gasteiger charge is -2.36. The van der Waals surface area contributed by atoms with Gasteiger partial charge in [-0.25, -0.2) is 28.8 Å². The van der Waals surface area contributed by atoms with Crippen LogP contribution in [0.15, 0.2) is 12.1 Å². The third-order valence-corrected chi connectivity index (χ3v) is 13.2. The maximum Gasteiger partial charge on any atom is 0.407 e. The Labute approximate surface area is 538 Å². The van der Waals surface area contributed by atoms with Gasteiger partial charge in [0.1, 0.15) is 45.1 Å². The molecule has 0 saturated carbocycles. The van der Waals surface area contributed by atoms with Gasteiger partial charge in [-0.15, -0.1) is 0 Å². The third-order valence-electron chi connectivity index (χ3n) is 11.5. The highest BCUT2D eigenvalue weighted by Crippen LogP contribution is 2.33. The van der Waals surface area contributed by atoms with Gasteiger partial charge in [-0.05, 0) is 259 Å². The summed E-state index contributed by atoms with van der Waals surface area (Å²) in [5, 5.41) is 23.2. The molecule has 26 heteroatoms. The number of rotatable bonds is 32. The predicted octanol–water partition coefficient (Wildman–Crippen LogP) is 11.2. The monoisotopic (exact) mass is 1450 g/mol. The molecule has 0 aliphatic heterocycles. The van der Waals surface area contributed by atoms with Gasteiger partial charge in [-0.3, -0.25) is 9.59 Å². The molecular formula is C60H104I2N8O16. The number of ether oxygens (including phenoxy) is 8. The number of hydrogen-bond acceptors (Lipinski definition) is 16. The first-order valence-corrected chi connectivity index (χ1v) is 31.7. The van der Waals surface area contributed by atoms with E-state index < -0.39 is 106 Å². The van der Waals surface area contributed by atoms with Gasteiger partial charge < -0.3 is 80.4 Å². The van der Waals surface area contributed by atoms with E-state index in [1.807, 2.05) is 0 Å². The molecule has 0 bridgehead atoms. The summed E-state index contributed by atoms with van der Waals surface area (Å²) in [5.41, 5.74) is -6.03. The van der Waals surface area contributed by atoms with Crippen molar-refractivity contribution >= 4 is 93.6 Å². The number of benzene rings is 1. The van der Waals surface area contributed by atoms with E-state index in [1.54, 1.807) is 137 Å². The number of carbonyl (C=O) groups is 8. The highest BCUT2D eigenvalue weighted by atomic mass is 127. The standard InChI is InChI=1S/C60H104I2N8O16/c1-53(2,3)81-47(73)63-31-19-25-59(26-20-32-64-48(74)82-54(4,5)6,27-21-33-65-49(75)83-55(7,8)9)69-45(71)39-79-43-37-42(62)44(38-41(43)61)80-40-46(72)70-60(28-22-34-66-50(76)84-56(10,11)12,29-23-35-67-51(77)85-57(13,14)15)30-24-36-68-52(78)86-58(16,17)18/h37-38H,19-36,39-40H2,1-18H3,(H,63,73)(H,64,74)(H,65,75)(H,66,76)(H,67,77)(H,68,78)(H,69,71)(H,70,72). The fraction of sp³-hybridized carbons (Fsp3) is 0.767. The highest BCUT2D eigenvalue weighted by Gasteiger charge is 2.34. The van der Waals surface area contributed by atoms with Gasteiger partial charge in [0.25, 0.3) is 11.8 Å². The van der Waals surface area contributed by atoms with Gasteiger partial charge in [-0.1, -0.05) is 0 Å². The first-order chi connectivity index (χ1) is 39.4. The molecule has 0 aromatic heterocycles. The average Bonchev–Trinajstić information content (AvgIpc) is 3.09. The number of hydrogen-bond donors (Lipinski definition) is 8. The summed E-state index contributed by atoms with van der Waals surface area (Å²) in [4.78, 5) is 104. The van der Waals surface area contributed by atoms with Crippen LogP contribution < -0.4 is 52.0 Å². The molecule has 0 spiro atoms. The fourth-order valence-electron chi connectivity index (χ4n) is 8.40. The van der Waals surface area contributed by atoms with Crippen molar-refractivity contribution in [3.63, 3.8) is 0 Å². The zero-order chi connectivity index (χ0) is 65.8. The van der Waals surface area contributed by atoms with Crippen LogP contribution in [0, 0.1) is 7.14 Å². The first kappa shape index (κ1) is 78.9. The molecule has 0 atom stereocenters. The Balaban J connectivity index is 3.48. The van der Waals surface area contributed by atoms with Crippen LogP contribution in [-0.2, 0) is 38.0 Å². The number of amides is 8. The molecule has 0 fully saturated rings. The normalized spacial score (nSPS) is 12.3. The minimum absolute atomic E-state index is 0.238. The Bertz CT molecular complexity index is 2000. The van der Waals surface area contributed by atoms with Gasteiger partial charge in [0.15, 0.2) is 13.2 Å². The fourth-order valence-corrected chi connectivity index (χ4v) is 9.58. The van der Waals surface area contributed by atoms with Gasteiger partial charge in [0.05, 0.1) is 7.14 Å². The number of nitrogens with one attached hydrogen (secondary N) is 8. The van der Waals surface area contributed by atoms with Gasteiger partial charge in [0.2, 0.25) is 0 Å². The van der Waals surface area contributed by atoms with Crippen LogP contribution >= 0.6 is 45.2 Å². The molecule has 0 radical (unpaired) electrons. The molecule has 1 aromatic carbocycles. The molecule has 494 valence electrons. The van der Waals surface area contributed by atoms with E-state index in [-0.39, 0.29) is 39.3 Å². The second-order valence-electron chi connectivity index (χ2n) is 27.1. The summed E-state index contributed by atoms with van der Waals surface area (Å²) < 4.78 is 46.1. The van der Waals surface area contributed by atoms with Crippen molar-refractivity contribution in [2.24, 2.45) is 0 Å². The maximum atomic E-state index is 14.1. The number of alkyl carbamates (subject to hydrolysis) is 6. The lowest BCUT2D eigenvalue weighted by molar-refractivity contribution is -0.126. The Morgan fingerprint density at radius 3 is 0.663 bits per heavy atom. The Morgan fingerprint density at radius 2 is 0.500 bits per heavy atom. The lowest BCUT2D eigenvalue weighted by atomic mass is 9.83. The molecule has 0 heterocycles. The lowest BCUT2D eigenvalue weighted by Crippen LogP contribution is -2.51. The maximum absolute atomic E-state index is 14.1. The van der Waals surface area contributed by atoms with E-state index in [9.17, 15) is 38.4 Å². The molecule has 0 aliphatic carbocycles. The largest absolute Gasteiger partial charge is 0.483 e. The minimum atomic E-state index is -0.899. The summed E-state index contributed by atoms with van der Waals surface area (Å²) in [5.74, 6) is -0.149. The molecule has 0 unspecified atom stereocenters. The smallest absolute Gasteiger partial charge is 0.407 e. The summed E-state index contributed by atoms with van der Waals surface area (Å²) in [6.07, 6.45) is 1.50. The first-order valence-electron chi connectivity index (χ1n) is 29.6. The molecule has 0 saturated heterocycles. The van der Waals surface area contributed by atoms with Crippen molar-refractivity contribution in [2.45, 2.75) is 246 Å². The molecule has 24 nitrogen and oxygen atoms in total. The van der Waals surface area contributed by atoms with Crippen LogP contribution in [0.4, 0.5) is 28.8 Å². The van der Waals surface area contributed by atoms with Crippen molar-refractivity contribution in [2.75, 3.05) is 52.5 Å². The third kappa shape index (κ3) is 40.3. The Hall–Kier alpha value is -5.16. The molecule has 1 rings (SSSR count). The Kier molecular flexibility index (Phi) is 33.3. The number of carbonyl (C=O) groups excluding carboxylic acids is 8. The molecule has 8 amide bonds. The Morgan fingerprint density at radius 1 is 0.326 bits per heavy atom. The van der Waals surface area contributed by atoms with E-state index in [0.717, 1.165) is 0 Å². The van der Waals surface area contributed by atoms with Crippen LogP contribution in [0.3, 0.4) is 0 Å². The topological polar surface area (TPSA) is 307 Å². The van der Waals surface area contributed by atoms with Crippen LogP contribution in [-0.4, -0.2) is 146 Å². The van der Waals surface area contributed by atoms with E-state index in [0.29, 0.717) is 95.7 Å². The second-order valence-corrected chi connectivity index (χ2v) is 29.5. The predicted molar refractivity (Wildman–Crippen MR) is 345 cm³/mol. The zero-order valence-corrected chi connectivity index (χ0v) is 58.9. The summed E-state index contributed by atoms with van der Waals surface area (Å²) in [6.45, 7) is 32.5. The summed E-state index contributed by atoms with van der Waals surface area (Å²) in [7, 11) is 0. The SMILES string of the molecule is CC(C)(C)OC(=O)NCCCC(CCCNC(=O)OC(C)(C)C)(CCCNC(=O)OC(C)(C)C)NC(=O)COc1cc(I)c(OCC(=O)NC(CCCNC(=O)OC(C)(C)C)(CCCNC(=O)OC(C)(C)C)CCCNC(=O)OC(C)(C)C)cc1I. The van der Waals surface area contributed by atoms with Crippen LogP contribution in [0.2, 0.25) is 0 Å². The van der Waals surface area contributed by atoms with E-state index in [2.05, 4.69) is 87.7 Å². The molecule has 86 heavy (non-hydrogen) atoms. The summed E-state index contributed by atoms with van der Waals surface area (Å²) in [6, 6.07) is 3.39. The minimum Gasteiger partial charge on any atom is -0.483 e. The van der Waals surface area contributed by atoms with Gasteiger partial charge in [0, 0.05) is 50.3 Å². The quantitative estimate of drug-likeness (QED) is 0.0189. The second kappa shape index (κ2) is 36.4.